The van der Waals surface area contributed by atoms with E-state index in [1.165, 1.54) is 24.9 Å². The molecule has 1 N–H and O–H groups in total. The average Bonchev–Trinajstić information content (AvgIpc) is 2.92. The second kappa shape index (κ2) is 6.92. The Bertz CT molecular complexity index is 388. The van der Waals surface area contributed by atoms with Gasteiger partial charge in [-0.05, 0) is 46.3 Å². The van der Waals surface area contributed by atoms with Crippen LogP contribution in [0.5, 0.6) is 5.75 Å². The monoisotopic (exact) mass is 262 g/mol. The predicted molar refractivity (Wildman–Crippen MR) is 79.7 cm³/mol. The quantitative estimate of drug-likeness (QED) is 0.853. The van der Waals surface area contributed by atoms with Crippen molar-refractivity contribution in [2.45, 2.75) is 38.8 Å². The van der Waals surface area contributed by atoms with Crippen molar-refractivity contribution in [3.8, 4) is 5.75 Å². The summed E-state index contributed by atoms with van der Waals surface area (Å²) >= 11 is 0. The molecule has 3 heteroatoms. The van der Waals surface area contributed by atoms with E-state index >= 15 is 0 Å². The average molecular weight is 262 g/mol. The third-order valence-corrected chi connectivity index (χ3v) is 4.00. The van der Waals surface area contributed by atoms with E-state index in [-0.39, 0.29) is 0 Å². The summed E-state index contributed by atoms with van der Waals surface area (Å²) in [6, 6.07) is 9.40. The van der Waals surface area contributed by atoms with E-state index in [1.807, 2.05) is 13.0 Å². The first-order valence-corrected chi connectivity index (χ1v) is 7.37. The lowest BCUT2D eigenvalue weighted by molar-refractivity contribution is 0.230. The van der Waals surface area contributed by atoms with E-state index in [0.717, 1.165) is 18.9 Å². The van der Waals surface area contributed by atoms with Crippen LogP contribution in [0.4, 0.5) is 0 Å². The van der Waals surface area contributed by atoms with Gasteiger partial charge >= 0.3 is 0 Å². The summed E-state index contributed by atoms with van der Waals surface area (Å²) < 4.78 is 5.74. The topological polar surface area (TPSA) is 24.5 Å². The molecule has 2 atom stereocenters. The zero-order valence-corrected chi connectivity index (χ0v) is 12.4. The normalized spacial score (nSPS) is 20.7. The summed E-state index contributed by atoms with van der Waals surface area (Å²) in [4.78, 5) is 2.42. The van der Waals surface area contributed by atoms with Crippen LogP contribution in [0, 0.1) is 0 Å². The number of hydrogen-bond donors (Lipinski definition) is 1. The van der Waals surface area contributed by atoms with Crippen LogP contribution < -0.4 is 10.1 Å². The Labute approximate surface area is 116 Å². The molecule has 0 bridgehead atoms. The second-order valence-electron chi connectivity index (χ2n) is 5.38. The van der Waals surface area contributed by atoms with Crippen LogP contribution >= 0.6 is 0 Å². The largest absolute Gasteiger partial charge is 0.494 e. The maximum absolute atomic E-state index is 5.74. The zero-order valence-electron chi connectivity index (χ0n) is 12.4. The molecule has 1 aromatic rings. The molecule has 2 rings (SSSR count). The number of rotatable bonds is 6. The van der Waals surface area contributed by atoms with Crippen molar-refractivity contribution < 1.29 is 4.74 Å². The van der Waals surface area contributed by atoms with Gasteiger partial charge in [-0.2, -0.15) is 0 Å². The molecular formula is C16H26N2O. The molecule has 1 aliphatic heterocycles. The van der Waals surface area contributed by atoms with Crippen molar-refractivity contribution in [2.24, 2.45) is 0 Å². The second-order valence-corrected chi connectivity index (χ2v) is 5.38. The molecule has 0 radical (unpaired) electrons. The van der Waals surface area contributed by atoms with Crippen molar-refractivity contribution in [1.82, 2.24) is 10.2 Å². The lowest BCUT2D eigenvalue weighted by Crippen LogP contribution is -2.36. The van der Waals surface area contributed by atoms with Crippen LogP contribution in [0.2, 0.25) is 0 Å². The number of likely N-dealkylation sites (N-methyl/N-ethyl adjacent to an activating group) is 1. The van der Waals surface area contributed by atoms with Crippen LogP contribution in [0.15, 0.2) is 24.3 Å². The van der Waals surface area contributed by atoms with E-state index in [2.05, 4.69) is 42.4 Å². The van der Waals surface area contributed by atoms with Gasteiger partial charge in [-0.1, -0.05) is 18.2 Å². The fourth-order valence-corrected chi connectivity index (χ4v) is 2.77. The molecule has 0 aliphatic carbocycles. The van der Waals surface area contributed by atoms with Gasteiger partial charge in [0.25, 0.3) is 0 Å². The van der Waals surface area contributed by atoms with Gasteiger partial charge in [0.15, 0.2) is 0 Å². The lowest BCUT2D eigenvalue weighted by Gasteiger charge is -2.29. The first kappa shape index (κ1) is 14.4. The highest BCUT2D eigenvalue weighted by Crippen LogP contribution is 2.28. The van der Waals surface area contributed by atoms with Crippen LogP contribution in [-0.2, 0) is 0 Å². The predicted octanol–water partition coefficient (Wildman–Crippen LogP) is 2.83. The van der Waals surface area contributed by atoms with Gasteiger partial charge in [-0.3, -0.25) is 4.90 Å². The van der Waals surface area contributed by atoms with Crippen molar-refractivity contribution >= 4 is 0 Å². The fraction of sp³-hybridized carbons (Fsp3) is 0.625. The van der Waals surface area contributed by atoms with Crippen LogP contribution in [0.25, 0.3) is 0 Å². The number of nitrogens with zero attached hydrogens (tertiary/aromatic N) is 1. The molecule has 3 nitrogen and oxygen atoms in total. The van der Waals surface area contributed by atoms with E-state index in [4.69, 9.17) is 4.74 Å². The first-order valence-electron chi connectivity index (χ1n) is 7.37. The Hall–Kier alpha value is -1.06. The maximum Gasteiger partial charge on any atom is 0.124 e. The molecule has 1 aromatic carbocycles. The standard InChI is InChI=1S/C16H26N2O/c1-4-19-16-10-6-5-9-15(16)13(2)18(3)12-14-8-7-11-17-14/h5-6,9-10,13-14,17H,4,7-8,11-12H2,1-3H3. The molecule has 19 heavy (non-hydrogen) atoms. The highest BCUT2D eigenvalue weighted by molar-refractivity contribution is 5.35. The Morgan fingerprint density at radius 2 is 2.21 bits per heavy atom. The summed E-state index contributed by atoms with van der Waals surface area (Å²) in [7, 11) is 2.20. The minimum atomic E-state index is 0.380. The van der Waals surface area contributed by atoms with Crippen LogP contribution in [-0.4, -0.2) is 37.7 Å². The van der Waals surface area contributed by atoms with Crippen molar-refractivity contribution in [2.75, 3.05) is 26.7 Å². The Kier molecular flexibility index (Phi) is 5.23. The lowest BCUT2D eigenvalue weighted by atomic mass is 10.1. The number of para-hydroxylation sites is 1. The van der Waals surface area contributed by atoms with Gasteiger partial charge in [0.1, 0.15) is 5.75 Å². The number of hydrogen-bond acceptors (Lipinski definition) is 3. The molecule has 0 spiro atoms. The van der Waals surface area contributed by atoms with Crippen molar-refractivity contribution in [1.29, 1.82) is 0 Å². The van der Waals surface area contributed by atoms with Gasteiger partial charge in [0.2, 0.25) is 0 Å². The highest BCUT2D eigenvalue weighted by Gasteiger charge is 2.21. The molecule has 1 heterocycles. The number of nitrogens with one attached hydrogen (secondary N) is 1. The summed E-state index contributed by atoms with van der Waals surface area (Å²) in [5.74, 6) is 1.02. The SMILES string of the molecule is CCOc1ccccc1C(C)N(C)CC1CCCN1. The Morgan fingerprint density at radius 3 is 2.89 bits per heavy atom. The maximum atomic E-state index is 5.74. The highest BCUT2D eigenvalue weighted by atomic mass is 16.5. The van der Waals surface area contributed by atoms with Gasteiger partial charge in [0, 0.05) is 24.2 Å². The molecule has 0 amide bonds. The Balaban J connectivity index is 2.02. The Morgan fingerprint density at radius 1 is 1.42 bits per heavy atom. The van der Waals surface area contributed by atoms with E-state index in [9.17, 15) is 0 Å². The van der Waals surface area contributed by atoms with Gasteiger partial charge in [-0.25, -0.2) is 0 Å². The molecule has 2 unspecified atom stereocenters. The van der Waals surface area contributed by atoms with Gasteiger partial charge in [-0.15, -0.1) is 0 Å². The number of benzene rings is 1. The van der Waals surface area contributed by atoms with E-state index in [0.29, 0.717) is 12.1 Å². The fourth-order valence-electron chi connectivity index (χ4n) is 2.77. The first-order chi connectivity index (χ1) is 9.22. The smallest absolute Gasteiger partial charge is 0.124 e. The minimum Gasteiger partial charge on any atom is -0.494 e. The molecule has 1 fully saturated rings. The van der Waals surface area contributed by atoms with Crippen LogP contribution in [0.3, 0.4) is 0 Å². The summed E-state index contributed by atoms with van der Waals surface area (Å²) in [5, 5.41) is 3.56. The molecule has 1 aliphatic rings. The summed E-state index contributed by atoms with van der Waals surface area (Å²) in [6.07, 6.45) is 2.60. The molecular weight excluding hydrogens is 236 g/mol. The van der Waals surface area contributed by atoms with Crippen LogP contribution in [0.1, 0.15) is 38.3 Å². The van der Waals surface area contributed by atoms with Gasteiger partial charge < -0.3 is 10.1 Å². The third-order valence-electron chi connectivity index (χ3n) is 4.00. The van der Waals surface area contributed by atoms with E-state index in [1.54, 1.807) is 0 Å². The van der Waals surface area contributed by atoms with Gasteiger partial charge in [0.05, 0.1) is 6.61 Å². The molecule has 0 saturated carbocycles. The van der Waals surface area contributed by atoms with Crippen molar-refractivity contribution in [3.63, 3.8) is 0 Å². The molecule has 1 saturated heterocycles. The molecule has 106 valence electrons. The minimum absolute atomic E-state index is 0.380. The number of ether oxygens (including phenoxy) is 1. The van der Waals surface area contributed by atoms with Crippen molar-refractivity contribution in [3.05, 3.63) is 29.8 Å². The molecule has 0 aromatic heterocycles. The summed E-state index contributed by atoms with van der Waals surface area (Å²) in [5.41, 5.74) is 1.28. The third kappa shape index (κ3) is 3.71. The summed E-state index contributed by atoms with van der Waals surface area (Å²) in [6.45, 7) is 7.28. The zero-order chi connectivity index (χ0) is 13.7. The van der Waals surface area contributed by atoms with E-state index < -0.39 is 0 Å².